The largest absolute Gasteiger partial charge is 0.379 e. The fraction of sp³-hybridized carbons (Fsp3) is 0.818. The van der Waals surface area contributed by atoms with E-state index in [0.717, 1.165) is 0 Å². The second-order valence-corrected chi connectivity index (χ2v) is 1.79. The van der Waals surface area contributed by atoms with Gasteiger partial charge in [-0.05, 0) is 0 Å². The number of rotatable bonds is 4. The van der Waals surface area contributed by atoms with Gasteiger partial charge < -0.3 is 4.84 Å². The maximum absolute atomic E-state index is 4.72. The van der Waals surface area contributed by atoms with Gasteiger partial charge in [-0.2, -0.15) is 5.11 Å². The second-order valence-electron chi connectivity index (χ2n) is 1.79. The van der Waals surface area contributed by atoms with Crippen molar-refractivity contribution in [1.29, 1.82) is 0 Å². The Morgan fingerprint density at radius 1 is 1.29 bits per heavy atom. The summed E-state index contributed by atoms with van der Waals surface area (Å²) in [5.41, 5.74) is 0. The molecule has 3 nitrogen and oxygen atoms in total. The molecule has 0 heterocycles. The summed E-state index contributed by atoms with van der Waals surface area (Å²) < 4.78 is 0. The molecule has 0 rings (SSSR count). The normalized spacial score (nSPS) is 9.57. The van der Waals surface area contributed by atoms with Crippen LogP contribution in [-0.4, -0.2) is 13.7 Å². The van der Waals surface area contributed by atoms with Crippen LogP contribution < -0.4 is 0 Å². The molecule has 0 saturated heterocycles. The van der Waals surface area contributed by atoms with Gasteiger partial charge in [0.15, 0.2) is 0 Å². The molecule has 1 atom stereocenters. The molecule has 1 unspecified atom stereocenters. The lowest BCUT2D eigenvalue weighted by Crippen LogP contribution is -1.97. The van der Waals surface area contributed by atoms with Gasteiger partial charge in [-0.1, -0.05) is 48.1 Å². The van der Waals surface area contributed by atoms with Crippen LogP contribution in [0.5, 0.6) is 0 Å². The third kappa shape index (κ3) is 30.4. The Kier molecular flexibility index (Phi) is 48.9. The van der Waals surface area contributed by atoms with Crippen LogP contribution >= 0.6 is 0 Å². The summed E-state index contributed by atoms with van der Waals surface area (Å²) in [7, 11) is 1.57. The zero-order valence-electron chi connectivity index (χ0n) is 9.87. The Morgan fingerprint density at radius 2 is 1.71 bits per heavy atom. The summed E-state index contributed by atoms with van der Waals surface area (Å²) in [6.45, 7) is 14.1. The SMILES string of the molecule is C.C=CC(C)CON=NC.CC.CC. The molecule has 0 aliphatic carbocycles. The maximum Gasteiger partial charge on any atom is 0.124 e. The minimum Gasteiger partial charge on any atom is -0.379 e. The predicted molar refractivity (Wildman–Crippen MR) is 65.5 cm³/mol. The van der Waals surface area contributed by atoms with E-state index < -0.39 is 0 Å². The van der Waals surface area contributed by atoms with Crippen LogP contribution in [0.15, 0.2) is 23.0 Å². The van der Waals surface area contributed by atoms with E-state index in [1.807, 2.05) is 40.7 Å². The fourth-order valence-electron chi connectivity index (χ4n) is 0.277. The van der Waals surface area contributed by atoms with E-state index >= 15 is 0 Å². The second kappa shape index (κ2) is 29.6. The summed E-state index contributed by atoms with van der Waals surface area (Å²) in [4.78, 5) is 4.72. The number of hydrogen-bond donors (Lipinski definition) is 0. The molecule has 0 aliphatic rings. The minimum atomic E-state index is 0. The van der Waals surface area contributed by atoms with E-state index in [1.165, 1.54) is 0 Å². The van der Waals surface area contributed by atoms with Crippen LogP contribution in [0.1, 0.15) is 42.0 Å². The first-order valence-corrected chi connectivity index (χ1v) is 4.85. The fourth-order valence-corrected chi connectivity index (χ4v) is 0.277. The number of hydrogen-bond acceptors (Lipinski definition) is 3. The van der Waals surface area contributed by atoms with Gasteiger partial charge >= 0.3 is 0 Å². The minimum absolute atomic E-state index is 0. The van der Waals surface area contributed by atoms with Gasteiger partial charge in [0.1, 0.15) is 6.61 Å². The van der Waals surface area contributed by atoms with Crippen LogP contribution in [0.25, 0.3) is 0 Å². The van der Waals surface area contributed by atoms with Gasteiger partial charge in [-0.15, -0.1) is 6.58 Å². The van der Waals surface area contributed by atoms with Gasteiger partial charge in [0.05, 0.1) is 7.05 Å². The molecule has 0 radical (unpaired) electrons. The van der Waals surface area contributed by atoms with Crippen molar-refractivity contribution >= 4 is 0 Å². The highest BCUT2D eigenvalue weighted by molar-refractivity contribution is 4.73. The van der Waals surface area contributed by atoms with Crippen molar-refractivity contribution in [2.45, 2.75) is 42.0 Å². The lowest BCUT2D eigenvalue weighted by atomic mass is 10.2. The molecule has 0 aromatic carbocycles. The summed E-state index contributed by atoms with van der Waals surface area (Å²) in [5.74, 6) is 0.343. The zero-order chi connectivity index (χ0) is 11.1. The van der Waals surface area contributed by atoms with Crippen molar-refractivity contribution in [3.8, 4) is 0 Å². The maximum atomic E-state index is 4.72. The van der Waals surface area contributed by atoms with Crippen LogP contribution in [0, 0.1) is 5.92 Å². The molecule has 0 bridgehead atoms. The zero-order valence-corrected chi connectivity index (χ0v) is 9.87. The third-order valence-corrected chi connectivity index (χ3v) is 0.879. The van der Waals surface area contributed by atoms with Gasteiger partial charge in [0.2, 0.25) is 0 Å². The Morgan fingerprint density at radius 3 is 2.00 bits per heavy atom. The highest BCUT2D eigenvalue weighted by atomic mass is 16.6. The lowest BCUT2D eigenvalue weighted by Gasteiger charge is -2.00. The van der Waals surface area contributed by atoms with Crippen molar-refractivity contribution in [3.63, 3.8) is 0 Å². The molecule has 88 valence electrons. The predicted octanol–water partition coefficient (Wildman–Crippen LogP) is 4.51. The van der Waals surface area contributed by atoms with Gasteiger partial charge in [0.25, 0.3) is 0 Å². The molecule has 0 saturated carbocycles. The molecule has 0 aromatic heterocycles. The van der Waals surface area contributed by atoms with E-state index in [-0.39, 0.29) is 7.43 Å². The molecule has 0 aromatic rings. The smallest absolute Gasteiger partial charge is 0.124 e. The van der Waals surface area contributed by atoms with Gasteiger partial charge in [-0.3, -0.25) is 0 Å². The molecular formula is C11H28N2O. The first kappa shape index (κ1) is 23.2. The molecule has 0 aliphatic heterocycles. The summed E-state index contributed by atoms with van der Waals surface area (Å²) in [6, 6.07) is 0. The highest BCUT2D eigenvalue weighted by Gasteiger charge is 1.92. The molecule has 0 fully saturated rings. The van der Waals surface area contributed by atoms with Crippen LogP contribution in [0.4, 0.5) is 0 Å². The van der Waals surface area contributed by atoms with Gasteiger partial charge in [-0.25, -0.2) is 0 Å². The Labute approximate surface area is 90.2 Å². The summed E-state index contributed by atoms with van der Waals surface area (Å²) >= 11 is 0. The van der Waals surface area contributed by atoms with E-state index in [9.17, 15) is 0 Å². The molecule has 0 N–H and O–H groups in total. The number of nitrogens with zero attached hydrogens (tertiary/aromatic N) is 2. The van der Waals surface area contributed by atoms with E-state index in [1.54, 1.807) is 7.05 Å². The van der Waals surface area contributed by atoms with Crippen molar-refractivity contribution in [2.24, 2.45) is 16.3 Å². The monoisotopic (exact) mass is 204 g/mol. The summed E-state index contributed by atoms with van der Waals surface area (Å²) in [6.07, 6.45) is 1.81. The molecular weight excluding hydrogens is 176 g/mol. The molecule has 0 spiro atoms. The van der Waals surface area contributed by atoms with Crippen LogP contribution in [0.2, 0.25) is 0 Å². The molecule has 14 heavy (non-hydrogen) atoms. The quantitative estimate of drug-likeness (QED) is 0.377. The van der Waals surface area contributed by atoms with E-state index in [0.29, 0.717) is 12.5 Å². The van der Waals surface area contributed by atoms with Crippen LogP contribution in [0.3, 0.4) is 0 Å². The third-order valence-electron chi connectivity index (χ3n) is 0.879. The molecule has 0 amide bonds. The first-order chi connectivity index (χ1) is 6.31. The standard InChI is InChI=1S/C6H12N2O.2C2H6.CH4/c1-4-6(2)5-9-8-7-3;2*1-2;/h4,6H,1,5H2,2-3H3;2*1-2H3;1H4. The van der Waals surface area contributed by atoms with Crippen molar-refractivity contribution in [3.05, 3.63) is 12.7 Å². The highest BCUT2D eigenvalue weighted by Crippen LogP contribution is 1.95. The van der Waals surface area contributed by atoms with Crippen molar-refractivity contribution < 1.29 is 4.84 Å². The summed E-state index contributed by atoms with van der Waals surface area (Å²) in [5, 5.41) is 6.75. The Bertz CT molecular complexity index is 103. The first-order valence-electron chi connectivity index (χ1n) is 4.85. The van der Waals surface area contributed by atoms with Gasteiger partial charge in [0, 0.05) is 11.2 Å². The van der Waals surface area contributed by atoms with Crippen molar-refractivity contribution in [2.75, 3.05) is 13.7 Å². The van der Waals surface area contributed by atoms with E-state index in [2.05, 4.69) is 17.0 Å². The molecule has 3 heteroatoms. The topological polar surface area (TPSA) is 34.0 Å². The Hall–Kier alpha value is -0.860. The average Bonchev–Trinajstić information content (AvgIpc) is 2.24. The lowest BCUT2D eigenvalue weighted by molar-refractivity contribution is 0.107. The Balaban J connectivity index is -0.0000000883. The average molecular weight is 204 g/mol. The van der Waals surface area contributed by atoms with E-state index in [4.69, 9.17) is 4.84 Å². The van der Waals surface area contributed by atoms with Crippen LogP contribution in [-0.2, 0) is 4.84 Å². The van der Waals surface area contributed by atoms with Crippen molar-refractivity contribution in [1.82, 2.24) is 0 Å².